The molecule has 0 fully saturated rings. The van der Waals surface area contributed by atoms with Crippen molar-refractivity contribution in [1.82, 2.24) is 0 Å². The van der Waals surface area contributed by atoms with Gasteiger partial charge in [0.25, 0.3) is 10.1 Å². The first kappa shape index (κ1) is 11.5. The molecule has 3 N–H and O–H groups in total. The SMILES string of the molecule is NCC(c1cccc(Cl)c1)S(=O)(=O)O. The Hall–Kier alpha value is -0.620. The van der Waals surface area contributed by atoms with E-state index in [1.807, 2.05) is 0 Å². The zero-order chi connectivity index (χ0) is 10.8. The van der Waals surface area contributed by atoms with Crippen LogP contribution in [0.4, 0.5) is 0 Å². The second kappa shape index (κ2) is 4.27. The van der Waals surface area contributed by atoms with E-state index in [4.69, 9.17) is 21.9 Å². The van der Waals surface area contributed by atoms with Gasteiger partial charge in [0, 0.05) is 11.6 Å². The molecule has 1 unspecified atom stereocenters. The van der Waals surface area contributed by atoms with Crippen molar-refractivity contribution in [1.29, 1.82) is 0 Å². The van der Waals surface area contributed by atoms with E-state index in [0.29, 0.717) is 10.6 Å². The van der Waals surface area contributed by atoms with E-state index in [1.165, 1.54) is 6.07 Å². The molecule has 4 nitrogen and oxygen atoms in total. The number of halogens is 1. The third-order valence-electron chi connectivity index (χ3n) is 1.79. The zero-order valence-corrected chi connectivity index (χ0v) is 8.79. The van der Waals surface area contributed by atoms with Crippen LogP contribution in [0.1, 0.15) is 10.8 Å². The molecule has 0 aliphatic heterocycles. The largest absolute Gasteiger partial charge is 0.329 e. The van der Waals surface area contributed by atoms with Crippen LogP contribution < -0.4 is 5.73 Å². The Balaban J connectivity index is 3.14. The van der Waals surface area contributed by atoms with E-state index in [-0.39, 0.29) is 6.54 Å². The number of benzene rings is 1. The van der Waals surface area contributed by atoms with E-state index in [1.54, 1.807) is 18.2 Å². The summed E-state index contributed by atoms with van der Waals surface area (Å²) in [6.07, 6.45) is 0. The van der Waals surface area contributed by atoms with Gasteiger partial charge in [0.2, 0.25) is 0 Å². The van der Waals surface area contributed by atoms with Crippen LogP contribution in [0.2, 0.25) is 5.02 Å². The Bertz CT molecular complexity index is 418. The molecule has 0 amide bonds. The van der Waals surface area contributed by atoms with Gasteiger partial charge in [-0.15, -0.1) is 0 Å². The molecule has 78 valence electrons. The molecule has 1 aromatic rings. The predicted molar refractivity (Wildman–Crippen MR) is 54.8 cm³/mol. The van der Waals surface area contributed by atoms with Crippen LogP contribution in [0, 0.1) is 0 Å². The Morgan fingerprint density at radius 2 is 2.14 bits per heavy atom. The average molecular weight is 236 g/mol. The monoisotopic (exact) mass is 235 g/mol. The molecule has 0 bridgehead atoms. The van der Waals surface area contributed by atoms with Crippen LogP contribution in [0.25, 0.3) is 0 Å². The summed E-state index contributed by atoms with van der Waals surface area (Å²) in [5, 5.41) is -0.703. The number of nitrogens with two attached hydrogens (primary N) is 1. The fraction of sp³-hybridized carbons (Fsp3) is 0.250. The summed E-state index contributed by atoms with van der Waals surface area (Å²) in [6, 6.07) is 6.23. The first-order valence-electron chi connectivity index (χ1n) is 3.87. The minimum Gasteiger partial charge on any atom is -0.329 e. The molecule has 0 aromatic heterocycles. The van der Waals surface area contributed by atoms with Crippen molar-refractivity contribution >= 4 is 21.7 Å². The first-order valence-corrected chi connectivity index (χ1v) is 5.75. The molecule has 14 heavy (non-hydrogen) atoms. The van der Waals surface area contributed by atoms with E-state index < -0.39 is 15.4 Å². The zero-order valence-electron chi connectivity index (χ0n) is 7.22. The number of rotatable bonds is 3. The van der Waals surface area contributed by atoms with Crippen LogP contribution in [0.15, 0.2) is 24.3 Å². The van der Waals surface area contributed by atoms with Gasteiger partial charge in [-0.2, -0.15) is 8.42 Å². The molecule has 1 aromatic carbocycles. The quantitative estimate of drug-likeness (QED) is 0.773. The molecule has 1 atom stereocenters. The van der Waals surface area contributed by atoms with Crippen LogP contribution in [0.5, 0.6) is 0 Å². The lowest BCUT2D eigenvalue weighted by Gasteiger charge is -2.11. The highest BCUT2D eigenvalue weighted by Crippen LogP contribution is 2.22. The maximum absolute atomic E-state index is 10.9. The van der Waals surface area contributed by atoms with Gasteiger partial charge < -0.3 is 5.73 Å². The predicted octanol–water partition coefficient (Wildman–Crippen LogP) is 1.23. The molecule has 6 heteroatoms. The second-order valence-electron chi connectivity index (χ2n) is 2.79. The smallest absolute Gasteiger partial charge is 0.273 e. The Morgan fingerprint density at radius 3 is 2.57 bits per heavy atom. The van der Waals surface area contributed by atoms with Crippen LogP contribution in [-0.4, -0.2) is 19.5 Å². The van der Waals surface area contributed by atoms with Crippen molar-refractivity contribution in [2.75, 3.05) is 6.54 Å². The van der Waals surface area contributed by atoms with Crippen molar-refractivity contribution in [3.05, 3.63) is 34.9 Å². The second-order valence-corrected chi connectivity index (χ2v) is 4.83. The highest BCUT2D eigenvalue weighted by molar-refractivity contribution is 7.86. The van der Waals surface area contributed by atoms with Gasteiger partial charge in [-0.3, -0.25) is 4.55 Å². The maximum atomic E-state index is 10.9. The Labute approximate surface area is 87.4 Å². The standard InChI is InChI=1S/C8H10ClNO3S/c9-7-3-1-2-6(4-7)8(5-10)14(11,12)13/h1-4,8H,5,10H2,(H,11,12,13). The lowest BCUT2D eigenvalue weighted by molar-refractivity contribution is 0.469. The van der Waals surface area contributed by atoms with Gasteiger partial charge in [0.1, 0.15) is 5.25 Å². The highest BCUT2D eigenvalue weighted by Gasteiger charge is 2.23. The van der Waals surface area contributed by atoms with E-state index in [9.17, 15) is 8.42 Å². The Morgan fingerprint density at radius 1 is 1.50 bits per heavy atom. The van der Waals surface area contributed by atoms with Crippen molar-refractivity contribution in [3.63, 3.8) is 0 Å². The van der Waals surface area contributed by atoms with Gasteiger partial charge in [-0.05, 0) is 17.7 Å². The maximum Gasteiger partial charge on any atom is 0.273 e. The molecular weight excluding hydrogens is 226 g/mol. The minimum absolute atomic E-state index is 0.181. The molecule has 0 spiro atoms. The van der Waals surface area contributed by atoms with Gasteiger partial charge in [-0.1, -0.05) is 23.7 Å². The topological polar surface area (TPSA) is 80.4 Å². The van der Waals surface area contributed by atoms with Gasteiger partial charge in [0.05, 0.1) is 0 Å². The van der Waals surface area contributed by atoms with E-state index >= 15 is 0 Å². The number of hydrogen-bond acceptors (Lipinski definition) is 3. The van der Waals surface area contributed by atoms with E-state index in [0.717, 1.165) is 0 Å². The van der Waals surface area contributed by atoms with Crippen molar-refractivity contribution in [2.45, 2.75) is 5.25 Å². The third-order valence-corrected chi connectivity index (χ3v) is 3.21. The fourth-order valence-corrected chi connectivity index (χ4v) is 2.07. The van der Waals surface area contributed by atoms with Crippen molar-refractivity contribution in [3.8, 4) is 0 Å². The van der Waals surface area contributed by atoms with Crippen molar-refractivity contribution in [2.24, 2.45) is 5.73 Å². The lowest BCUT2D eigenvalue weighted by atomic mass is 10.1. The normalized spacial score (nSPS) is 13.9. The molecule has 0 heterocycles. The van der Waals surface area contributed by atoms with Crippen LogP contribution in [0.3, 0.4) is 0 Å². The molecule has 0 saturated heterocycles. The molecule has 0 radical (unpaired) electrons. The molecule has 0 saturated carbocycles. The molecule has 0 aliphatic carbocycles. The molecule has 0 aliphatic rings. The summed E-state index contributed by atoms with van der Waals surface area (Å²) in [7, 11) is -4.17. The summed E-state index contributed by atoms with van der Waals surface area (Å²) >= 11 is 5.68. The van der Waals surface area contributed by atoms with E-state index in [2.05, 4.69) is 0 Å². The minimum atomic E-state index is -4.17. The Kier molecular flexibility index (Phi) is 3.49. The fourth-order valence-electron chi connectivity index (χ4n) is 1.14. The summed E-state index contributed by atoms with van der Waals surface area (Å²) in [5.41, 5.74) is 5.65. The highest BCUT2D eigenvalue weighted by atomic mass is 35.5. The van der Waals surface area contributed by atoms with Crippen molar-refractivity contribution < 1.29 is 13.0 Å². The summed E-state index contributed by atoms with van der Waals surface area (Å²) < 4.78 is 30.7. The van der Waals surface area contributed by atoms with Gasteiger partial charge in [0.15, 0.2) is 0 Å². The molecular formula is C8H10ClNO3S. The third kappa shape index (κ3) is 2.68. The lowest BCUT2D eigenvalue weighted by Crippen LogP contribution is -2.21. The van der Waals surface area contributed by atoms with Crippen LogP contribution in [-0.2, 0) is 10.1 Å². The summed E-state index contributed by atoms with van der Waals surface area (Å²) in [5.74, 6) is 0. The number of hydrogen-bond donors (Lipinski definition) is 2. The van der Waals surface area contributed by atoms with Gasteiger partial charge in [-0.25, -0.2) is 0 Å². The summed E-state index contributed by atoms with van der Waals surface area (Å²) in [4.78, 5) is 0. The first-order chi connectivity index (χ1) is 6.45. The molecule has 1 rings (SSSR count). The van der Waals surface area contributed by atoms with Gasteiger partial charge >= 0.3 is 0 Å². The van der Waals surface area contributed by atoms with Crippen LogP contribution >= 0.6 is 11.6 Å². The average Bonchev–Trinajstić information content (AvgIpc) is 2.02. The summed E-state index contributed by atoms with van der Waals surface area (Å²) in [6.45, 7) is -0.181.